The van der Waals surface area contributed by atoms with E-state index in [4.69, 9.17) is 4.74 Å². The van der Waals surface area contributed by atoms with Crippen molar-refractivity contribution in [2.24, 2.45) is 0 Å². The molecular weight excluding hydrogens is 288 g/mol. The molecular formula is C14H20N4O2S. The summed E-state index contributed by atoms with van der Waals surface area (Å²) in [5.74, 6) is 2.74. The minimum absolute atomic E-state index is 0.0597. The van der Waals surface area contributed by atoms with Crippen LogP contribution in [0.2, 0.25) is 0 Å². The molecule has 0 radical (unpaired) electrons. The Kier molecular flexibility index (Phi) is 4.95. The van der Waals surface area contributed by atoms with Crippen molar-refractivity contribution >= 4 is 23.5 Å². The number of rotatable bonds is 4. The molecule has 6 nitrogen and oxygen atoms in total. The molecule has 0 aliphatic carbocycles. The van der Waals surface area contributed by atoms with E-state index in [1.165, 1.54) is 0 Å². The monoisotopic (exact) mass is 308 g/mol. The van der Waals surface area contributed by atoms with E-state index in [0.29, 0.717) is 6.54 Å². The third-order valence-electron chi connectivity index (χ3n) is 3.64. The van der Waals surface area contributed by atoms with Gasteiger partial charge in [-0.3, -0.25) is 10.1 Å². The van der Waals surface area contributed by atoms with E-state index in [9.17, 15) is 4.79 Å². The van der Waals surface area contributed by atoms with Gasteiger partial charge < -0.3 is 15.0 Å². The molecule has 0 aromatic carbocycles. The standard InChI is InChI=1S/C14H20N4O2S/c19-14(12-9-21-10-17-12)16-8-11-1-2-15-13(7-11)18-3-5-20-6-4-18/h1-2,7,12,17H,3-6,8-10H2,(H,16,19). The largest absolute Gasteiger partial charge is 0.378 e. The minimum atomic E-state index is -0.0597. The third-order valence-corrected chi connectivity index (χ3v) is 4.58. The number of amides is 1. The number of ether oxygens (including phenoxy) is 1. The molecule has 1 aromatic heterocycles. The molecule has 2 fully saturated rings. The summed E-state index contributed by atoms with van der Waals surface area (Å²) in [7, 11) is 0. The normalized spacial score (nSPS) is 22.3. The molecule has 2 saturated heterocycles. The van der Waals surface area contributed by atoms with Gasteiger partial charge in [0.15, 0.2) is 0 Å². The molecule has 21 heavy (non-hydrogen) atoms. The van der Waals surface area contributed by atoms with Crippen LogP contribution in [0.3, 0.4) is 0 Å². The Morgan fingerprint density at radius 1 is 1.52 bits per heavy atom. The van der Waals surface area contributed by atoms with E-state index in [2.05, 4.69) is 20.5 Å². The first-order valence-corrected chi connectivity index (χ1v) is 8.35. The zero-order valence-corrected chi connectivity index (χ0v) is 12.7. The number of nitrogens with zero attached hydrogens (tertiary/aromatic N) is 2. The van der Waals surface area contributed by atoms with E-state index in [-0.39, 0.29) is 11.9 Å². The molecule has 2 aliphatic rings. The van der Waals surface area contributed by atoms with E-state index < -0.39 is 0 Å². The summed E-state index contributed by atoms with van der Waals surface area (Å²) in [5.41, 5.74) is 1.07. The second-order valence-corrected chi connectivity index (χ2v) is 6.14. The Morgan fingerprint density at radius 3 is 3.14 bits per heavy atom. The second-order valence-electron chi connectivity index (χ2n) is 5.11. The van der Waals surface area contributed by atoms with E-state index in [0.717, 1.165) is 49.3 Å². The van der Waals surface area contributed by atoms with Crippen LogP contribution in [0.1, 0.15) is 5.56 Å². The van der Waals surface area contributed by atoms with Gasteiger partial charge in [-0.25, -0.2) is 4.98 Å². The van der Waals surface area contributed by atoms with E-state index in [1.807, 2.05) is 12.1 Å². The smallest absolute Gasteiger partial charge is 0.238 e. The van der Waals surface area contributed by atoms with Crippen LogP contribution in [0.4, 0.5) is 5.82 Å². The quantitative estimate of drug-likeness (QED) is 0.828. The van der Waals surface area contributed by atoms with Crippen LogP contribution in [0, 0.1) is 0 Å². The van der Waals surface area contributed by atoms with Crippen LogP contribution in [0.5, 0.6) is 0 Å². The van der Waals surface area contributed by atoms with Gasteiger partial charge in [-0.05, 0) is 17.7 Å². The first kappa shape index (κ1) is 14.6. The number of hydrogen-bond acceptors (Lipinski definition) is 6. The molecule has 0 bridgehead atoms. The lowest BCUT2D eigenvalue weighted by Gasteiger charge is -2.28. The Labute approximate surface area is 128 Å². The van der Waals surface area contributed by atoms with Crippen molar-refractivity contribution in [2.75, 3.05) is 42.8 Å². The van der Waals surface area contributed by atoms with Gasteiger partial charge in [-0.2, -0.15) is 0 Å². The lowest BCUT2D eigenvalue weighted by molar-refractivity contribution is -0.122. The van der Waals surface area contributed by atoms with Gasteiger partial charge in [0.2, 0.25) is 5.91 Å². The maximum Gasteiger partial charge on any atom is 0.238 e. The molecule has 7 heteroatoms. The fraction of sp³-hybridized carbons (Fsp3) is 0.571. The van der Waals surface area contributed by atoms with Crippen molar-refractivity contribution in [2.45, 2.75) is 12.6 Å². The third kappa shape index (κ3) is 3.87. The van der Waals surface area contributed by atoms with Crippen molar-refractivity contribution in [3.05, 3.63) is 23.9 Å². The van der Waals surface area contributed by atoms with Crippen molar-refractivity contribution in [3.8, 4) is 0 Å². The molecule has 1 amide bonds. The van der Waals surface area contributed by atoms with Crippen molar-refractivity contribution in [1.82, 2.24) is 15.6 Å². The van der Waals surface area contributed by atoms with Crippen LogP contribution < -0.4 is 15.5 Å². The number of carbonyl (C=O) groups is 1. The highest BCUT2D eigenvalue weighted by Gasteiger charge is 2.22. The summed E-state index contributed by atoms with van der Waals surface area (Å²) in [4.78, 5) is 18.6. The molecule has 0 spiro atoms. The number of thioether (sulfide) groups is 1. The van der Waals surface area contributed by atoms with Crippen molar-refractivity contribution in [3.63, 3.8) is 0 Å². The Morgan fingerprint density at radius 2 is 2.38 bits per heavy atom. The fourth-order valence-electron chi connectivity index (χ4n) is 2.41. The number of morpholine rings is 1. The van der Waals surface area contributed by atoms with Gasteiger partial charge in [0.05, 0.1) is 19.3 Å². The molecule has 1 aromatic rings. The summed E-state index contributed by atoms with van der Waals surface area (Å²) < 4.78 is 5.35. The van der Waals surface area contributed by atoms with Crippen LogP contribution in [0.15, 0.2) is 18.3 Å². The Bertz CT molecular complexity index is 488. The van der Waals surface area contributed by atoms with Gasteiger partial charge in [0.25, 0.3) is 0 Å². The summed E-state index contributed by atoms with van der Waals surface area (Å²) in [6.45, 7) is 3.76. The highest BCUT2D eigenvalue weighted by atomic mass is 32.2. The van der Waals surface area contributed by atoms with E-state index >= 15 is 0 Å². The average molecular weight is 308 g/mol. The number of hydrogen-bond donors (Lipinski definition) is 2. The zero-order chi connectivity index (χ0) is 14.5. The molecule has 2 aliphatic heterocycles. The second kappa shape index (κ2) is 7.11. The summed E-state index contributed by atoms with van der Waals surface area (Å²) >= 11 is 1.75. The predicted octanol–water partition coefficient (Wildman–Crippen LogP) is 0.197. The van der Waals surface area contributed by atoms with Gasteiger partial charge in [-0.1, -0.05) is 0 Å². The Hall–Kier alpha value is -1.31. The van der Waals surface area contributed by atoms with E-state index in [1.54, 1.807) is 18.0 Å². The molecule has 3 heterocycles. The Balaban J connectivity index is 1.56. The fourth-order valence-corrected chi connectivity index (χ4v) is 3.35. The van der Waals surface area contributed by atoms with Crippen LogP contribution in [0.25, 0.3) is 0 Å². The molecule has 1 atom stereocenters. The molecule has 3 rings (SSSR count). The molecule has 114 valence electrons. The highest BCUT2D eigenvalue weighted by molar-refractivity contribution is 7.99. The maximum atomic E-state index is 12.0. The highest BCUT2D eigenvalue weighted by Crippen LogP contribution is 2.14. The summed E-state index contributed by atoms with van der Waals surface area (Å²) in [6, 6.07) is 3.93. The minimum Gasteiger partial charge on any atom is -0.378 e. The topological polar surface area (TPSA) is 66.5 Å². The molecule has 1 unspecified atom stereocenters. The van der Waals surface area contributed by atoms with Gasteiger partial charge in [0, 0.05) is 37.5 Å². The maximum absolute atomic E-state index is 12.0. The van der Waals surface area contributed by atoms with Gasteiger partial charge in [0.1, 0.15) is 5.82 Å². The first-order valence-electron chi connectivity index (χ1n) is 7.19. The molecule has 2 N–H and O–H groups in total. The van der Waals surface area contributed by atoms with Crippen LogP contribution >= 0.6 is 11.8 Å². The predicted molar refractivity (Wildman–Crippen MR) is 83.4 cm³/mol. The van der Waals surface area contributed by atoms with Crippen molar-refractivity contribution < 1.29 is 9.53 Å². The lowest BCUT2D eigenvalue weighted by atomic mass is 10.2. The number of nitrogens with one attached hydrogen (secondary N) is 2. The van der Waals surface area contributed by atoms with Crippen LogP contribution in [-0.4, -0.2) is 54.9 Å². The summed E-state index contributed by atoms with van der Waals surface area (Å²) in [5, 5.41) is 6.16. The van der Waals surface area contributed by atoms with Gasteiger partial charge >= 0.3 is 0 Å². The number of anilines is 1. The average Bonchev–Trinajstić information content (AvgIpc) is 3.08. The van der Waals surface area contributed by atoms with Crippen LogP contribution in [-0.2, 0) is 16.1 Å². The number of carbonyl (C=O) groups excluding carboxylic acids is 1. The first-order chi connectivity index (χ1) is 10.3. The lowest BCUT2D eigenvalue weighted by Crippen LogP contribution is -2.41. The van der Waals surface area contributed by atoms with Gasteiger partial charge in [-0.15, -0.1) is 11.8 Å². The zero-order valence-electron chi connectivity index (χ0n) is 11.9. The number of aromatic nitrogens is 1. The number of pyridine rings is 1. The summed E-state index contributed by atoms with van der Waals surface area (Å²) in [6.07, 6.45) is 1.80. The molecule has 0 saturated carbocycles. The SMILES string of the molecule is O=C(NCc1ccnc(N2CCOCC2)c1)C1CSCN1. The van der Waals surface area contributed by atoms with Crippen molar-refractivity contribution in [1.29, 1.82) is 0 Å².